The number of rotatable bonds is 3. The summed E-state index contributed by atoms with van der Waals surface area (Å²) in [4.78, 5) is 26.3. The fourth-order valence-corrected chi connectivity index (χ4v) is 5.89. The van der Waals surface area contributed by atoms with Gasteiger partial charge in [0.25, 0.3) is 0 Å². The largest absolute Gasteiger partial charge is 0.289 e. The van der Waals surface area contributed by atoms with Crippen LogP contribution in [0.5, 0.6) is 0 Å². The second kappa shape index (κ2) is 6.90. The monoisotopic (exact) mass is 448 g/mol. The minimum absolute atomic E-state index is 0.0428. The Morgan fingerprint density at radius 2 is 1.42 bits per heavy atom. The highest BCUT2D eigenvalue weighted by molar-refractivity contribution is 7.91. The molecule has 154 valence electrons. The zero-order chi connectivity index (χ0) is 21.9. The number of aromatic nitrogens is 2. The molecular weight excluding hydrogens is 432 g/mol. The van der Waals surface area contributed by atoms with Gasteiger partial charge in [-0.3, -0.25) is 9.59 Å². The van der Waals surface area contributed by atoms with Crippen molar-refractivity contribution in [2.75, 3.05) is 0 Å². The van der Waals surface area contributed by atoms with Crippen LogP contribution in [-0.2, 0) is 9.84 Å². The highest BCUT2D eigenvalue weighted by Gasteiger charge is 2.35. The fraction of sp³-hybridized carbons (Fsp3) is 0.130. The molecule has 5 rings (SSSR count). The van der Waals surface area contributed by atoms with Gasteiger partial charge < -0.3 is 0 Å². The van der Waals surface area contributed by atoms with Crippen molar-refractivity contribution >= 4 is 44.2 Å². The lowest BCUT2D eigenvalue weighted by molar-refractivity contribution is 0.0980. The maximum atomic E-state index is 13.5. The Kier molecular flexibility index (Phi) is 4.39. The molecule has 0 atom stereocenters. The van der Waals surface area contributed by atoms with Gasteiger partial charge in [0.15, 0.2) is 11.6 Å². The zero-order valence-electron chi connectivity index (χ0n) is 16.6. The molecule has 0 radical (unpaired) electrons. The minimum Gasteiger partial charge on any atom is -0.289 e. The lowest BCUT2D eigenvalue weighted by Crippen LogP contribution is -2.22. The summed E-state index contributed by atoms with van der Waals surface area (Å²) in [6, 6.07) is 14.5. The minimum atomic E-state index is -3.99. The Hall–Kier alpha value is -3.23. The molecule has 4 aromatic rings. The lowest BCUT2D eigenvalue weighted by atomic mass is 9.83. The van der Waals surface area contributed by atoms with Crippen LogP contribution in [0.15, 0.2) is 64.4 Å². The second-order valence-electron chi connectivity index (χ2n) is 7.69. The average molecular weight is 449 g/mol. The number of nitrogens with zero attached hydrogens (tertiary/aromatic N) is 2. The molecule has 0 aliphatic heterocycles. The Balaban J connectivity index is 1.76. The average Bonchev–Trinajstić information content (AvgIpc) is 3.26. The molecule has 0 amide bonds. The summed E-state index contributed by atoms with van der Waals surface area (Å²) in [7, 11) is -3.99. The van der Waals surface area contributed by atoms with Crippen LogP contribution in [0.3, 0.4) is 0 Å². The first-order valence-corrected chi connectivity index (χ1v) is 11.8. The Morgan fingerprint density at radius 1 is 0.806 bits per heavy atom. The Morgan fingerprint density at radius 3 is 2.06 bits per heavy atom. The summed E-state index contributed by atoms with van der Waals surface area (Å²) < 4.78 is 35.3. The summed E-state index contributed by atoms with van der Waals surface area (Å²) >= 11 is 0.814. The maximum Gasteiger partial charge on any atom is 0.208 e. The van der Waals surface area contributed by atoms with Crippen LogP contribution in [-0.4, -0.2) is 28.7 Å². The van der Waals surface area contributed by atoms with E-state index in [2.05, 4.69) is 8.75 Å². The lowest BCUT2D eigenvalue weighted by Gasteiger charge is -2.18. The predicted octanol–water partition coefficient (Wildman–Crippen LogP) is 4.42. The molecule has 1 aliphatic rings. The smallest absolute Gasteiger partial charge is 0.208 e. The third-order valence-electron chi connectivity index (χ3n) is 5.54. The molecule has 0 saturated heterocycles. The zero-order valence-corrected chi connectivity index (χ0v) is 18.3. The van der Waals surface area contributed by atoms with Crippen molar-refractivity contribution in [1.29, 1.82) is 0 Å². The number of ketones is 2. The van der Waals surface area contributed by atoms with E-state index >= 15 is 0 Å². The first kappa shape index (κ1) is 19.7. The topological polar surface area (TPSA) is 94.1 Å². The molecule has 0 unspecified atom stereocenters. The second-order valence-corrected chi connectivity index (χ2v) is 10.1. The van der Waals surface area contributed by atoms with Gasteiger partial charge in [-0.1, -0.05) is 50.2 Å². The van der Waals surface area contributed by atoms with E-state index in [0.717, 1.165) is 17.3 Å². The number of benzene rings is 3. The third-order valence-corrected chi connectivity index (χ3v) is 7.85. The van der Waals surface area contributed by atoms with Crippen molar-refractivity contribution in [3.05, 3.63) is 82.4 Å². The van der Waals surface area contributed by atoms with Gasteiger partial charge in [0, 0.05) is 16.7 Å². The van der Waals surface area contributed by atoms with Crippen LogP contribution in [0.2, 0.25) is 0 Å². The van der Waals surface area contributed by atoms with Gasteiger partial charge in [0.05, 0.1) is 22.2 Å². The highest BCUT2D eigenvalue weighted by Crippen LogP contribution is 2.37. The fourth-order valence-electron chi connectivity index (χ4n) is 3.84. The van der Waals surface area contributed by atoms with E-state index in [1.165, 1.54) is 6.07 Å². The summed E-state index contributed by atoms with van der Waals surface area (Å²) in [5.41, 5.74) is 1.97. The number of fused-ring (bicyclic) bond motifs is 4. The van der Waals surface area contributed by atoms with Crippen LogP contribution >= 0.6 is 11.7 Å². The Labute approximate surface area is 182 Å². The molecule has 0 spiro atoms. The van der Waals surface area contributed by atoms with E-state index in [1.54, 1.807) is 48.5 Å². The quantitative estimate of drug-likeness (QED) is 0.405. The number of carbonyl (C=O) groups excluding carboxylic acids is 2. The normalized spacial score (nSPS) is 13.5. The summed E-state index contributed by atoms with van der Waals surface area (Å²) in [5.74, 6) is -0.488. The third kappa shape index (κ3) is 2.86. The van der Waals surface area contributed by atoms with Gasteiger partial charge in [0.2, 0.25) is 9.84 Å². The van der Waals surface area contributed by atoms with E-state index in [0.29, 0.717) is 0 Å². The van der Waals surface area contributed by atoms with Gasteiger partial charge in [-0.2, -0.15) is 8.75 Å². The van der Waals surface area contributed by atoms with Crippen molar-refractivity contribution in [3.8, 4) is 0 Å². The van der Waals surface area contributed by atoms with Crippen molar-refractivity contribution in [1.82, 2.24) is 8.75 Å². The van der Waals surface area contributed by atoms with Crippen LogP contribution < -0.4 is 0 Å². The number of sulfone groups is 1. The Bertz CT molecular complexity index is 1500. The molecule has 1 aromatic heterocycles. The first-order valence-electron chi connectivity index (χ1n) is 9.63. The van der Waals surface area contributed by atoms with Crippen molar-refractivity contribution in [2.24, 2.45) is 0 Å². The highest BCUT2D eigenvalue weighted by atomic mass is 32.2. The molecule has 6 nitrogen and oxygen atoms in total. The van der Waals surface area contributed by atoms with E-state index in [-0.39, 0.29) is 54.8 Å². The van der Waals surface area contributed by atoms with Crippen molar-refractivity contribution in [3.63, 3.8) is 0 Å². The van der Waals surface area contributed by atoms with Crippen LogP contribution in [0.4, 0.5) is 0 Å². The standard InChI is InChI=1S/C23H16N2O4S2/c1-12(2)13-7-9-14(10-8-13)31(28,29)18-11-17-19(21-20(18)24-30-25-21)23(27)16-6-4-3-5-15(16)22(17)26/h3-12H,1-2H3. The van der Waals surface area contributed by atoms with Crippen LogP contribution in [0.25, 0.3) is 11.0 Å². The maximum absolute atomic E-state index is 13.5. The van der Waals surface area contributed by atoms with E-state index in [9.17, 15) is 18.0 Å². The molecule has 0 N–H and O–H groups in total. The molecule has 8 heteroatoms. The summed E-state index contributed by atoms with van der Waals surface area (Å²) in [6.07, 6.45) is 0. The van der Waals surface area contributed by atoms with Gasteiger partial charge in [-0.05, 0) is 29.7 Å². The van der Waals surface area contributed by atoms with Crippen LogP contribution in [0, 0.1) is 0 Å². The number of hydrogen-bond acceptors (Lipinski definition) is 7. The molecule has 3 aromatic carbocycles. The number of carbonyl (C=O) groups is 2. The van der Waals surface area contributed by atoms with Crippen molar-refractivity contribution in [2.45, 2.75) is 29.6 Å². The van der Waals surface area contributed by atoms with Gasteiger partial charge in [-0.15, -0.1) is 0 Å². The molecule has 0 fully saturated rings. The van der Waals surface area contributed by atoms with E-state index in [1.807, 2.05) is 13.8 Å². The molecule has 31 heavy (non-hydrogen) atoms. The summed E-state index contributed by atoms with van der Waals surface area (Å²) in [5, 5.41) is 0. The first-order chi connectivity index (χ1) is 14.8. The van der Waals surface area contributed by atoms with Gasteiger partial charge in [-0.25, -0.2) is 8.42 Å². The molecule has 0 saturated carbocycles. The molecule has 1 heterocycles. The molecule has 1 aliphatic carbocycles. The van der Waals surface area contributed by atoms with Gasteiger partial charge >= 0.3 is 0 Å². The SMILES string of the molecule is CC(C)c1ccc(S(=O)(=O)c2cc3c(c4nsnc24)C(=O)c2ccccc2C3=O)cc1. The van der Waals surface area contributed by atoms with Gasteiger partial charge in [0.1, 0.15) is 15.9 Å². The van der Waals surface area contributed by atoms with Crippen LogP contribution in [0.1, 0.15) is 57.2 Å². The summed E-state index contributed by atoms with van der Waals surface area (Å²) in [6.45, 7) is 4.05. The van der Waals surface area contributed by atoms with E-state index in [4.69, 9.17) is 0 Å². The molecule has 0 bridgehead atoms. The number of hydrogen-bond donors (Lipinski definition) is 0. The predicted molar refractivity (Wildman–Crippen MR) is 117 cm³/mol. The van der Waals surface area contributed by atoms with E-state index < -0.39 is 15.6 Å². The van der Waals surface area contributed by atoms with Crippen molar-refractivity contribution < 1.29 is 18.0 Å². The molecular formula is C23H16N2O4S2.